The number of aliphatic hydroxyl groups is 1. The van der Waals surface area contributed by atoms with Crippen LogP contribution in [-0.2, 0) is 0 Å². The van der Waals surface area contributed by atoms with Gasteiger partial charge in [-0.2, -0.15) is 4.98 Å². The van der Waals surface area contributed by atoms with Gasteiger partial charge in [-0.3, -0.25) is 0 Å². The Balaban J connectivity index is 1.38. The van der Waals surface area contributed by atoms with Crippen molar-refractivity contribution in [2.45, 2.75) is 57.6 Å². The summed E-state index contributed by atoms with van der Waals surface area (Å²) in [6, 6.07) is 0.121. The number of aliphatic hydroxyl groups excluding tert-OH is 1. The van der Waals surface area contributed by atoms with Crippen LogP contribution >= 0.6 is 0 Å². The monoisotopic (exact) mass is 308 g/mol. The summed E-state index contributed by atoms with van der Waals surface area (Å²) >= 11 is 0. The fraction of sp³-hybridized carbons (Fsp3) is 0.875. The molecule has 0 unspecified atom stereocenters. The smallest absolute Gasteiger partial charge is 0.243 e. The normalized spacial score (nSPS) is 23.6. The lowest BCUT2D eigenvalue weighted by Crippen LogP contribution is -2.40. The van der Waals surface area contributed by atoms with Crippen LogP contribution in [0.5, 0.6) is 0 Å². The van der Waals surface area contributed by atoms with Crippen LogP contribution in [0, 0.1) is 5.92 Å². The van der Waals surface area contributed by atoms with Gasteiger partial charge in [-0.05, 0) is 65.1 Å². The Morgan fingerprint density at radius 1 is 1.27 bits per heavy atom. The van der Waals surface area contributed by atoms with Gasteiger partial charge in [-0.1, -0.05) is 5.16 Å². The van der Waals surface area contributed by atoms with E-state index in [1.807, 2.05) is 6.92 Å². The maximum absolute atomic E-state index is 9.44. The average Bonchev–Trinajstić information content (AvgIpc) is 3.23. The molecule has 124 valence electrons. The largest absolute Gasteiger partial charge is 0.392 e. The quantitative estimate of drug-likeness (QED) is 0.798. The van der Waals surface area contributed by atoms with Crippen LogP contribution in [0.15, 0.2) is 4.52 Å². The molecule has 1 aliphatic heterocycles. The first-order valence-electron chi connectivity index (χ1n) is 8.59. The van der Waals surface area contributed by atoms with Crippen LogP contribution in [0.25, 0.3) is 0 Å². The standard InChI is InChI=1S/C16H28N4O2/c1-11(21)10-20-7-5-13(6-8-20)9-17-12(2)16-18-15(19-22-16)14-3-4-14/h11-14,17,21H,3-10H2,1-2H3/t11-,12-/m1/s1. The van der Waals surface area contributed by atoms with Crippen LogP contribution < -0.4 is 5.32 Å². The third-order valence-corrected chi connectivity index (χ3v) is 4.71. The van der Waals surface area contributed by atoms with E-state index in [9.17, 15) is 5.11 Å². The number of β-amino-alcohol motifs (C(OH)–C–C–N with tert-alkyl or cyclic N) is 1. The predicted octanol–water partition coefficient (Wildman–Crippen LogP) is 1.69. The van der Waals surface area contributed by atoms with E-state index in [2.05, 4.69) is 27.3 Å². The van der Waals surface area contributed by atoms with E-state index in [-0.39, 0.29) is 12.1 Å². The topological polar surface area (TPSA) is 74.4 Å². The fourth-order valence-electron chi connectivity index (χ4n) is 3.11. The van der Waals surface area contributed by atoms with E-state index in [0.717, 1.165) is 32.0 Å². The van der Waals surface area contributed by atoms with E-state index in [1.54, 1.807) is 0 Å². The summed E-state index contributed by atoms with van der Waals surface area (Å²) in [6.45, 7) is 7.89. The Morgan fingerprint density at radius 3 is 2.64 bits per heavy atom. The van der Waals surface area contributed by atoms with E-state index >= 15 is 0 Å². The fourth-order valence-corrected chi connectivity index (χ4v) is 3.11. The van der Waals surface area contributed by atoms with Crippen molar-refractivity contribution in [1.29, 1.82) is 0 Å². The first kappa shape index (κ1) is 15.9. The van der Waals surface area contributed by atoms with E-state index in [1.165, 1.54) is 25.7 Å². The van der Waals surface area contributed by atoms with Crippen molar-refractivity contribution in [1.82, 2.24) is 20.4 Å². The molecule has 2 N–H and O–H groups in total. The van der Waals surface area contributed by atoms with Crippen LogP contribution in [0.2, 0.25) is 0 Å². The molecular formula is C16H28N4O2. The number of aromatic nitrogens is 2. The molecule has 2 fully saturated rings. The number of piperidine rings is 1. The molecule has 0 radical (unpaired) electrons. The lowest BCUT2D eigenvalue weighted by Gasteiger charge is -2.33. The maximum Gasteiger partial charge on any atom is 0.243 e. The lowest BCUT2D eigenvalue weighted by atomic mass is 9.96. The summed E-state index contributed by atoms with van der Waals surface area (Å²) in [7, 11) is 0. The molecule has 0 spiro atoms. The van der Waals surface area contributed by atoms with E-state index < -0.39 is 0 Å². The molecule has 2 atom stereocenters. The van der Waals surface area contributed by atoms with Crippen molar-refractivity contribution in [2.24, 2.45) is 5.92 Å². The Kier molecular flexibility index (Phi) is 5.10. The molecule has 0 aromatic carbocycles. The van der Waals surface area contributed by atoms with Crippen molar-refractivity contribution in [2.75, 3.05) is 26.2 Å². The molecular weight excluding hydrogens is 280 g/mol. The van der Waals surface area contributed by atoms with Gasteiger partial charge in [-0.15, -0.1) is 0 Å². The zero-order valence-corrected chi connectivity index (χ0v) is 13.7. The molecule has 6 nitrogen and oxygen atoms in total. The Bertz CT molecular complexity index is 464. The van der Waals surface area contributed by atoms with Crippen LogP contribution in [0.3, 0.4) is 0 Å². The lowest BCUT2D eigenvalue weighted by molar-refractivity contribution is 0.0991. The highest BCUT2D eigenvalue weighted by atomic mass is 16.5. The minimum absolute atomic E-state index is 0.121. The van der Waals surface area contributed by atoms with Crippen molar-refractivity contribution >= 4 is 0 Å². The van der Waals surface area contributed by atoms with Crippen molar-refractivity contribution in [3.05, 3.63) is 11.7 Å². The van der Waals surface area contributed by atoms with Gasteiger partial charge in [0, 0.05) is 12.5 Å². The third kappa shape index (κ3) is 4.27. The summed E-state index contributed by atoms with van der Waals surface area (Å²) in [5.41, 5.74) is 0. The van der Waals surface area contributed by atoms with Gasteiger partial charge >= 0.3 is 0 Å². The number of hydrogen-bond donors (Lipinski definition) is 2. The van der Waals surface area contributed by atoms with Crippen LogP contribution in [0.1, 0.15) is 63.2 Å². The maximum atomic E-state index is 9.44. The van der Waals surface area contributed by atoms with Gasteiger partial charge in [0.1, 0.15) is 0 Å². The van der Waals surface area contributed by atoms with Crippen LogP contribution in [0.4, 0.5) is 0 Å². The second-order valence-corrected chi connectivity index (χ2v) is 6.99. The number of nitrogens with one attached hydrogen (secondary N) is 1. The number of likely N-dealkylation sites (tertiary alicyclic amines) is 1. The molecule has 0 amide bonds. The van der Waals surface area contributed by atoms with Gasteiger partial charge in [-0.25, -0.2) is 0 Å². The highest BCUT2D eigenvalue weighted by Gasteiger charge is 2.29. The highest BCUT2D eigenvalue weighted by Crippen LogP contribution is 2.38. The number of nitrogens with zero attached hydrogens (tertiary/aromatic N) is 3. The summed E-state index contributed by atoms with van der Waals surface area (Å²) in [5.74, 6) is 2.84. The molecule has 2 heterocycles. The van der Waals surface area contributed by atoms with Crippen molar-refractivity contribution < 1.29 is 9.63 Å². The van der Waals surface area contributed by atoms with Gasteiger partial charge in [0.05, 0.1) is 12.1 Å². The molecule has 3 rings (SSSR count). The molecule has 1 saturated carbocycles. The van der Waals surface area contributed by atoms with Gasteiger partial charge in [0.25, 0.3) is 0 Å². The zero-order valence-electron chi connectivity index (χ0n) is 13.7. The molecule has 1 aromatic rings. The molecule has 22 heavy (non-hydrogen) atoms. The SMILES string of the molecule is C[C@@H](O)CN1CCC(CN[C@H](C)c2nc(C3CC3)no2)CC1. The summed E-state index contributed by atoms with van der Waals surface area (Å²) < 4.78 is 5.37. The summed E-state index contributed by atoms with van der Waals surface area (Å²) in [5, 5.41) is 17.0. The molecule has 2 aliphatic rings. The first-order chi connectivity index (χ1) is 10.6. The highest BCUT2D eigenvalue weighted by molar-refractivity contribution is 5.04. The predicted molar refractivity (Wildman–Crippen MR) is 83.5 cm³/mol. The number of hydrogen-bond acceptors (Lipinski definition) is 6. The van der Waals surface area contributed by atoms with E-state index in [4.69, 9.17) is 4.52 Å². The molecule has 1 aromatic heterocycles. The average molecular weight is 308 g/mol. The molecule has 1 saturated heterocycles. The summed E-state index contributed by atoms with van der Waals surface area (Å²) in [6.07, 6.45) is 4.54. The molecule has 0 bridgehead atoms. The Labute approximate surface area is 132 Å². The van der Waals surface area contributed by atoms with E-state index in [0.29, 0.717) is 17.7 Å². The third-order valence-electron chi connectivity index (χ3n) is 4.71. The zero-order chi connectivity index (χ0) is 15.5. The second kappa shape index (κ2) is 7.06. The summed E-state index contributed by atoms with van der Waals surface area (Å²) in [4.78, 5) is 6.86. The van der Waals surface area contributed by atoms with Gasteiger partial charge in [0.15, 0.2) is 5.82 Å². The Hall–Kier alpha value is -0.980. The van der Waals surface area contributed by atoms with Crippen molar-refractivity contribution in [3.8, 4) is 0 Å². The van der Waals surface area contributed by atoms with Crippen molar-refractivity contribution in [3.63, 3.8) is 0 Å². The van der Waals surface area contributed by atoms with Gasteiger partial charge < -0.3 is 19.8 Å². The number of rotatable bonds is 7. The minimum atomic E-state index is -0.229. The first-order valence-corrected chi connectivity index (χ1v) is 8.59. The minimum Gasteiger partial charge on any atom is -0.392 e. The molecule has 6 heteroatoms. The Morgan fingerprint density at radius 2 is 2.00 bits per heavy atom. The molecule has 1 aliphatic carbocycles. The van der Waals surface area contributed by atoms with Crippen LogP contribution in [-0.4, -0.2) is 52.4 Å². The second-order valence-electron chi connectivity index (χ2n) is 6.99. The van der Waals surface area contributed by atoms with Gasteiger partial charge in [0.2, 0.25) is 5.89 Å².